The molecule has 33 heavy (non-hydrogen) atoms. The summed E-state index contributed by atoms with van der Waals surface area (Å²) in [5.41, 5.74) is 1.31. The zero-order chi connectivity index (χ0) is 23.4. The minimum Gasteiger partial charge on any atom is -0.481 e. The maximum absolute atomic E-state index is 12.2. The Kier molecular flexibility index (Phi) is 6.95. The van der Waals surface area contributed by atoms with E-state index in [1.807, 2.05) is 31.2 Å². The summed E-state index contributed by atoms with van der Waals surface area (Å²) in [7, 11) is 1.57. The average molecular weight is 453 g/mol. The Bertz CT molecular complexity index is 997. The molecular formula is C25H32N4O4. The van der Waals surface area contributed by atoms with Gasteiger partial charge in [0.1, 0.15) is 5.60 Å². The van der Waals surface area contributed by atoms with Crippen molar-refractivity contribution in [3.05, 3.63) is 59.3 Å². The molecule has 8 heteroatoms. The van der Waals surface area contributed by atoms with Crippen LogP contribution in [-0.2, 0) is 10.4 Å². The van der Waals surface area contributed by atoms with Crippen LogP contribution in [-0.4, -0.2) is 65.6 Å². The lowest BCUT2D eigenvalue weighted by Gasteiger charge is -2.48. The zero-order valence-electron chi connectivity index (χ0n) is 19.2. The van der Waals surface area contributed by atoms with Crippen LogP contribution in [0.15, 0.2) is 42.5 Å². The lowest BCUT2D eigenvalue weighted by atomic mass is 9.78. The second-order valence-corrected chi connectivity index (χ2v) is 9.10. The highest BCUT2D eigenvalue weighted by molar-refractivity contribution is 5.96. The molecule has 2 fully saturated rings. The molecule has 0 bridgehead atoms. The molecule has 1 saturated heterocycles. The summed E-state index contributed by atoms with van der Waals surface area (Å²) in [6, 6.07) is 13.3. The zero-order valence-corrected chi connectivity index (χ0v) is 19.2. The number of hydrogen-bond donors (Lipinski definition) is 3. The van der Waals surface area contributed by atoms with Crippen molar-refractivity contribution in [1.82, 2.24) is 20.5 Å². The molecule has 0 atom stereocenters. The summed E-state index contributed by atoms with van der Waals surface area (Å²) in [4.78, 5) is 31.2. The molecule has 1 aliphatic heterocycles. The van der Waals surface area contributed by atoms with E-state index in [0.717, 1.165) is 31.5 Å². The number of nitrogens with one attached hydrogen (secondary N) is 2. The molecule has 2 amide bonds. The maximum Gasteiger partial charge on any atom is 0.251 e. The molecule has 0 spiro atoms. The number of amides is 2. The molecule has 2 heterocycles. The first-order valence-corrected chi connectivity index (χ1v) is 11.5. The third kappa shape index (κ3) is 5.51. The van der Waals surface area contributed by atoms with Crippen LogP contribution < -0.4 is 15.4 Å². The van der Waals surface area contributed by atoms with E-state index >= 15 is 0 Å². The van der Waals surface area contributed by atoms with E-state index in [1.54, 1.807) is 25.3 Å². The van der Waals surface area contributed by atoms with Gasteiger partial charge < -0.3 is 20.5 Å². The largest absolute Gasteiger partial charge is 0.481 e. The second-order valence-electron chi connectivity index (χ2n) is 9.10. The normalized spacial score (nSPS) is 23.4. The summed E-state index contributed by atoms with van der Waals surface area (Å²) in [5, 5.41) is 16.8. The van der Waals surface area contributed by atoms with Crippen molar-refractivity contribution in [2.24, 2.45) is 0 Å². The van der Waals surface area contributed by atoms with Crippen molar-refractivity contribution in [1.29, 1.82) is 0 Å². The van der Waals surface area contributed by atoms with Gasteiger partial charge in [-0.1, -0.05) is 23.8 Å². The molecule has 1 aromatic heterocycles. The molecule has 2 aromatic rings. The minimum absolute atomic E-state index is 0.0345. The fourth-order valence-corrected chi connectivity index (χ4v) is 4.72. The van der Waals surface area contributed by atoms with Crippen LogP contribution >= 0.6 is 0 Å². The monoisotopic (exact) mass is 452 g/mol. The van der Waals surface area contributed by atoms with E-state index in [2.05, 4.69) is 20.5 Å². The summed E-state index contributed by atoms with van der Waals surface area (Å²) >= 11 is 0. The second kappa shape index (κ2) is 9.89. The van der Waals surface area contributed by atoms with Gasteiger partial charge in [0.15, 0.2) is 0 Å². The fraction of sp³-hybridized carbons (Fsp3) is 0.480. The van der Waals surface area contributed by atoms with E-state index in [-0.39, 0.29) is 24.4 Å². The van der Waals surface area contributed by atoms with Gasteiger partial charge in [-0.05, 0) is 50.8 Å². The molecule has 1 saturated carbocycles. The van der Waals surface area contributed by atoms with E-state index in [9.17, 15) is 14.7 Å². The topological polar surface area (TPSA) is 104 Å². The summed E-state index contributed by atoms with van der Waals surface area (Å²) in [6.45, 7) is 3.47. The van der Waals surface area contributed by atoms with Crippen LogP contribution in [0.25, 0.3) is 0 Å². The predicted octanol–water partition coefficient (Wildman–Crippen LogP) is 1.76. The highest BCUT2D eigenvalue weighted by atomic mass is 16.5. The lowest BCUT2D eigenvalue weighted by Crippen LogP contribution is -2.63. The number of rotatable bonds is 7. The highest BCUT2D eigenvalue weighted by Gasteiger charge is 2.41. The number of likely N-dealkylation sites (tertiary alicyclic amines) is 1. The van der Waals surface area contributed by atoms with Crippen LogP contribution in [0, 0.1) is 6.92 Å². The van der Waals surface area contributed by atoms with E-state index in [4.69, 9.17) is 4.74 Å². The smallest absolute Gasteiger partial charge is 0.251 e. The van der Waals surface area contributed by atoms with Crippen molar-refractivity contribution in [2.75, 3.05) is 26.7 Å². The van der Waals surface area contributed by atoms with Crippen molar-refractivity contribution in [2.45, 2.75) is 50.3 Å². The number of methoxy groups -OCH3 is 1. The van der Waals surface area contributed by atoms with E-state index in [1.165, 1.54) is 0 Å². The Morgan fingerprint density at radius 2 is 1.91 bits per heavy atom. The first kappa shape index (κ1) is 23.2. The predicted molar refractivity (Wildman–Crippen MR) is 124 cm³/mol. The van der Waals surface area contributed by atoms with Crippen LogP contribution in [0.2, 0.25) is 0 Å². The van der Waals surface area contributed by atoms with Gasteiger partial charge in [0, 0.05) is 30.8 Å². The molecule has 4 rings (SSSR count). The van der Waals surface area contributed by atoms with E-state index < -0.39 is 5.60 Å². The first-order valence-electron chi connectivity index (χ1n) is 11.5. The number of carbonyl (C=O) groups is 2. The van der Waals surface area contributed by atoms with Gasteiger partial charge in [0.2, 0.25) is 11.8 Å². The SMILES string of the molecule is COc1cccc([C@]2(O)CC[C@H](N3CC(NC(=O)CNC(=O)c4cccc(C)c4)C3)CC2)n1. The van der Waals surface area contributed by atoms with Gasteiger partial charge in [0.25, 0.3) is 5.91 Å². The number of nitrogens with zero attached hydrogens (tertiary/aromatic N) is 2. The molecular weight excluding hydrogens is 420 g/mol. The van der Waals surface area contributed by atoms with Gasteiger partial charge in [-0.3, -0.25) is 14.5 Å². The number of hydrogen-bond acceptors (Lipinski definition) is 6. The molecule has 3 N–H and O–H groups in total. The standard InChI is InChI=1S/C25H32N4O4/c1-17-5-3-6-18(13-17)24(31)26-14-22(30)27-19-15-29(16-19)20-9-11-25(32,12-10-20)21-7-4-8-23(28-21)33-2/h3-8,13,19-20,32H,9-12,14-16H2,1-2H3,(H,26,31)(H,27,30)/t20-,25-. The number of aliphatic hydroxyl groups is 1. The lowest BCUT2D eigenvalue weighted by molar-refractivity contribution is -0.122. The molecule has 2 aliphatic rings. The molecule has 176 valence electrons. The van der Waals surface area contributed by atoms with Gasteiger partial charge in [0.05, 0.1) is 25.4 Å². The Hall–Kier alpha value is -2.97. The van der Waals surface area contributed by atoms with Gasteiger partial charge in [-0.25, -0.2) is 4.98 Å². The molecule has 1 aliphatic carbocycles. The maximum atomic E-state index is 12.2. The highest BCUT2D eigenvalue weighted by Crippen LogP contribution is 2.39. The first-order chi connectivity index (χ1) is 15.9. The van der Waals surface area contributed by atoms with Gasteiger partial charge in [-0.2, -0.15) is 0 Å². The van der Waals surface area contributed by atoms with Crippen LogP contribution in [0.3, 0.4) is 0 Å². The van der Waals surface area contributed by atoms with Crippen molar-refractivity contribution < 1.29 is 19.4 Å². The summed E-state index contributed by atoms with van der Waals surface area (Å²) < 4.78 is 5.19. The number of aromatic nitrogens is 1. The molecule has 1 aromatic carbocycles. The third-order valence-corrected chi connectivity index (χ3v) is 6.67. The third-order valence-electron chi connectivity index (χ3n) is 6.67. The fourth-order valence-electron chi connectivity index (χ4n) is 4.72. The quantitative estimate of drug-likeness (QED) is 0.592. The molecule has 0 radical (unpaired) electrons. The van der Waals surface area contributed by atoms with Crippen LogP contribution in [0.5, 0.6) is 5.88 Å². The number of ether oxygens (including phenoxy) is 1. The number of carbonyl (C=O) groups excluding carboxylic acids is 2. The average Bonchev–Trinajstić information content (AvgIpc) is 2.80. The Labute approximate surface area is 194 Å². The number of benzene rings is 1. The summed E-state index contributed by atoms with van der Waals surface area (Å²) in [5.74, 6) is 0.0894. The number of pyridine rings is 1. The Morgan fingerprint density at radius 1 is 1.18 bits per heavy atom. The van der Waals surface area contributed by atoms with Crippen molar-refractivity contribution >= 4 is 11.8 Å². The van der Waals surface area contributed by atoms with Gasteiger partial charge in [-0.15, -0.1) is 0 Å². The Balaban J connectivity index is 1.18. The molecule has 8 nitrogen and oxygen atoms in total. The Morgan fingerprint density at radius 3 is 2.61 bits per heavy atom. The minimum atomic E-state index is -0.918. The van der Waals surface area contributed by atoms with Crippen molar-refractivity contribution in [3.8, 4) is 5.88 Å². The van der Waals surface area contributed by atoms with Crippen LogP contribution in [0.4, 0.5) is 0 Å². The number of aryl methyl sites for hydroxylation is 1. The summed E-state index contributed by atoms with van der Waals surface area (Å²) in [6.07, 6.45) is 3.05. The van der Waals surface area contributed by atoms with Crippen molar-refractivity contribution in [3.63, 3.8) is 0 Å². The van der Waals surface area contributed by atoms with Crippen LogP contribution in [0.1, 0.15) is 47.3 Å². The molecule has 0 unspecified atom stereocenters. The van der Waals surface area contributed by atoms with E-state index in [0.29, 0.717) is 36.0 Å². The van der Waals surface area contributed by atoms with Gasteiger partial charge >= 0.3 is 0 Å².